The zero-order valence-corrected chi connectivity index (χ0v) is 14.7. The number of ether oxygens (including phenoxy) is 2. The summed E-state index contributed by atoms with van der Waals surface area (Å²) in [5.41, 5.74) is 0.967. The van der Waals surface area contributed by atoms with Gasteiger partial charge < -0.3 is 19.7 Å². The topological polar surface area (TPSA) is 50.8 Å². The van der Waals surface area contributed by atoms with Gasteiger partial charge in [-0.2, -0.15) is 0 Å². The molecule has 1 fully saturated rings. The number of halogens is 1. The highest BCUT2D eigenvalue weighted by molar-refractivity contribution is 9.10. The number of piperidine rings is 1. The van der Waals surface area contributed by atoms with Gasteiger partial charge in [0.2, 0.25) is 5.91 Å². The van der Waals surface area contributed by atoms with Crippen molar-refractivity contribution in [1.29, 1.82) is 0 Å². The van der Waals surface area contributed by atoms with Crippen LogP contribution in [0.4, 0.5) is 0 Å². The van der Waals surface area contributed by atoms with Crippen molar-refractivity contribution >= 4 is 21.8 Å². The van der Waals surface area contributed by atoms with E-state index in [1.165, 1.54) is 0 Å². The average Bonchev–Trinajstić information content (AvgIpc) is 2.53. The predicted octanol–water partition coefficient (Wildman–Crippen LogP) is 2.18. The van der Waals surface area contributed by atoms with Gasteiger partial charge in [0.25, 0.3) is 0 Å². The first-order chi connectivity index (χ1) is 10.6. The van der Waals surface area contributed by atoms with Gasteiger partial charge in [-0.3, -0.25) is 4.79 Å². The third-order valence-corrected chi connectivity index (χ3v) is 4.30. The van der Waals surface area contributed by atoms with Gasteiger partial charge in [-0.15, -0.1) is 0 Å². The molecular formula is C16H23BrN2O3. The minimum absolute atomic E-state index is 0.0134. The van der Waals surface area contributed by atoms with Crippen molar-refractivity contribution in [1.82, 2.24) is 10.2 Å². The minimum Gasteiger partial charge on any atom is -0.496 e. The maximum absolute atomic E-state index is 12.2. The maximum atomic E-state index is 12.2. The van der Waals surface area contributed by atoms with Crippen LogP contribution in [0.2, 0.25) is 0 Å². The molecule has 0 bridgehead atoms. The monoisotopic (exact) mass is 370 g/mol. The van der Waals surface area contributed by atoms with E-state index in [1.54, 1.807) is 19.1 Å². The van der Waals surface area contributed by atoms with E-state index >= 15 is 0 Å². The lowest BCUT2D eigenvalue weighted by Gasteiger charge is -2.24. The molecule has 0 radical (unpaired) electrons. The molecule has 0 aromatic heterocycles. The first-order valence-corrected chi connectivity index (χ1v) is 8.28. The second kappa shape index (κ2) is 8.50. The predicted molar refractivity (Wildman–Crippen MR) is 89.0 cm³/mol. The molecule has 1 amide bonds. The molecule has 1 aromatic carbocycles. The zero-order chi connectivity index (χ0) is 15.9. The fourth-order valence-electron chi connectivity index (χ4n) is 2.48. The second-order valence-corrected chi connectivity index (χ2v) is 6.38. The molecule has 1 aliphatic heterocycles. The number of likely N-dealkylation sites (N-methyl/N-ethyl adjacent to an activating group) is 1. The Bertz CT molecular complexity index is 504. The van der Waals surface area contributed by atoms with Crippen LogP contribution in [0, 0.1) is 0 Å². The van der Waals surface area contributed by atoms with Crippen molar-refractivity contribution in [2.75, 3.05) is 33.9 Å². The van der Waals surface area contributed by atoms with Gasteiger partial charge in [0.1, 0.15) is 12.4 Å². The standard InChI is InChI=1S/C16H23BrN2O3/c1-19(10-12-9-13(17)3-4-15(12)21-2)16(20)11-22-14-5-7-18-8-6-14/h3-4,9,14,18H,5-8,10-11H2,1-2H3. The van der Waals surface area contributed by atoms with Crippen LogP contribution < -0.4 is 10.1 Å². The van der Waals surface area contributed by atoms with Crippen LogP contribution >= 0.6 is 15.9 Å². The van der Waals surface area contributed by atoms with Crippen molar-refractivity contribution < 1.29 is 14.3 Å². The van der Waals surface area contributed by atoms with Gasteiger partial charge in [-0.05, 0) is 44.1 Å². The van der Waals surface area contributed by atoms with Crippen LogP contribution in [0.25, 0.3) is 0 Å². The van der Waals surface area contributed by atoms with Crippen molar-refractivity contribution in [3.05, 3.63) is 28.2 Å². The molecule has 0 saturated carbocycles. The summed E-state index contributed by atoms with van der Waals surface area (Å²) >= 11 is 3.45. The van der Waals surface area contributed by atoms with E-state index in [4.69, 9.17) is 9.47 Å². The number of carbonyl (C=O) groups excluding carboxylic acids is 1. The van der Waals surface area contributed by atoms with Gasteiger partial charge >= 0.3 is 0 Å². The number of hydrogen-bond donors (Lipinski definition) is 1. The summed E-state index contributed by atoms with van der Waals surface area (Å²) in [5.74, 6) is 0.766. The highest BCUT2D eigenvalue weighted by Crippen LogP contribution is 2.24. The van der Waals surface area contributed by atoms with Crippen LogP contribution in [0.1, 0.15) is 18.4 Å². The van der Waals surface area contributed by atoms with Gasteiger partial charge in [0, 0.05) is 23.6 Å². The van der Waals surface area contributed by atoms with Crippen molar-refractivity contribution in [3.63, 3.8) is 0 Å². The summed E-state index contributed by atoms with van der Waals surface area (Å²) in [6.45, 7) is 2.56. The number of amides is 1. The van der Waals surface area contributed by atoms with Crippen molar-refractivity contribution in [2.45, 2.75) is 25.5 Å². The van der Waals surface area contributed by atoms with Gasteiger partial charge in [-0.1, -0.05) is 15.9 Å². The summed E-state index contributed by atoms with van der Waals surface area (Å²) < 4.78 is 12.0. The minimum atomic E-state index is -0.0134. The van der Waals surface area contributed by atoms with Crippen LogP contribution in [0.3, 0.4) is 0 Å². The molecule has 0 unspecified atom stereocenters. The molecule has 1 saturated heterocycles. The molecule has 0 atom stereocenters. The summed E-state index contributed by atoms with van der Waals surface area (Å²) in [5, 5.41) is 3.28. The maximum Gasteiger partial charge on any atom is 0.248 e. The third kappa shape index (κ3) is 4.97. The number of hydrogen-bond acceptors (Lipinski definition) is 4. The van der Waals surface area contributed by atoms with Crippen LogP contribution in [-0.2, 0) is 16.1 Å². The van der Waals surface area contributed by atoms with Gasteiger partial charge in [-0.25, -0.2) is 0 Å². The lowest BCUT2D eigenvalue weighted by molar-refractivity contribution is -0.137. The number of methoxy groups -OCH3 is 1. The third-order valence-electron chi connectivity index (χ3n) is 3.80. The Hall–Kier alpha value is -1.11. The van der Waals surface area contributed by atoms with Crippen LogP contribution in [0.15, 0.2) is 22.7 Å². The lowest BCUT2D eigenvalue weighted by Crippen LogP contribution is -2.36. The summed E-state index contributed by atoms with van der Waals surface area (Å²) in [7, 11) is 3.42. The number of carbonyl (C=O) groups is 1. The Morgan fingerprint density at radius 1 is 1.41 bits per heavy atom. The highest BCUT2D eigenvalue weighted by atomic mass is 79.9. The number of nitrogens with zero attached hydrogens (tertiary/aromatic N) is 1. The molecule has 122 valence electrons. The molecule has 5 nitrogen and oxygen atoms in total. The van der Waals surface area contributed by atoms with E-state index in [2.05, 4.69) is 21.2 Å². The quantitative estimate of drug-likeness (QED) is 0.833. The zero-order valence-electron chi connectivity index (χ0n) is 13.1. The molecule has 1 aliphatic rings. The van der Waals surface area contributed by atoms with E-state index in [-0.39, 0.29) is 18.6 Å². The SMILES string of the molecule is COc1ccc(Br)cc1CN(C)C(=O)COC1CCNCC1. The van der Waals surface area contributed by atoms with Gasteiger partial charge in [0.05, 0.1) is 13.2 Å². The fraction of sp³-hybridized carbons (Fsp3) is 0.562. The Balaban J connectivity index is 1.86. The Labute approximate surface area is 140 Å². The van der Waals surface area contributed by atoms with Gasteiger partial charge in [0.15, 0.2) is 0 Å². The van der Waals surface area contributed by atoms with Crippen molar-refractivity contribution in [2.24, 2.45) is 0 Å². The molecule has 1 heterocycles. The largest absolute Gasteiger partial charge is 0.496 e. The summed E-state index contributed by atoms with van der Waals surface area (Å²) in [6, 6.07) is 5.78. The Morgan fingerprint density at radius 3 is 2.82 bits per heavy atom. The lowest BCUT2D eigenvalue weighted by atomic mass is 10.1. The van der Waals surface area contributed by atoms with E-state index in [0.717, 1.165) is 41.7 Å². The molecule has 0 aliphatic carbocycles. The second-order valence-electron chi connectivity index (χ2n) is 5.47. The number of benzene rings is 1. The molecule has 2 rings (SSSR count). The Morgan fingerprint density at radius 2 is 2.14 bits per heavy atom. The van der Waals surface area contributed by atoms with E-state index in [9.17, 15) is 4.79 Å². The van der Waals surface area contributed by atoms with Crippen LogP contribution in [0.5, 0.6) is 5.75 Å². The first-order valence-electron chi connectivity index (χ1n) is 7.49. The number of nitrogens with one attached hydrogen (secondary N) is 1. The summed E-state index contributed by atoms with van der Waals surface area (Å²) in [6.07, 6.45) is 2.13. The molecule has 6 heteroatoms. The molecule has 22 heavy (non-hydrogen) atoms. The normalized spacial score (nSPS) is 15.6. The summed E-state index contributed by atoms with van der Waals surface area (Å²) in [4.78, 5) is 13.9. The first kappa shape index (κ1) is 17.2. The van der Waals surface area contributed by atoms with Crippen molar-refractivity contribution in [3.8, 4) is 5.75 Å². The molecular weight excluding hydrogens is 348 g/mol. The van der Waals surface area contributed by atoms with E-state index < -0.39 is 0 Å². The van der Waals surface area contributed by atoms with E-state index in [1.807, 2.05) is 18.2 Å². The smallest absolute Gasteiger partial charge is 0.248 e. The molecule has 0 spiro atoms. The molecule has 1 aromatic rings. The fourth-order valence-corrected chi connectivity index (χ4v) is 2.88. The van der Waals surface area contributed by atoms with E-state index in [0.29, 0.717) is 6.54 Å². The number of rotatable bonds is 6. The Kier molecular flexibility index (Phi) is 6.67. The van der Waals surface area contributed by atoms with Crippen LogP contribution in [-0.4, -0.2) is 50.8 Å². The average molecular weight is 371 g/mol. The molecule has 1 N–H and O–H groups in total. The highest BCUT2D eigenvalue weighted by Gasteiger charge is 2.17.